The van der Waals surface area contributed by atoms with E-state index < -0.39 is 12.3 Å². The van der Waals surface area contributed by atoms with Gasteiger partial charge in [0.25, 0.3) is 0 Å². The predicted octanol–water partition coefficient (Wildman–Crippen LogP) is 2.92. The Bertz CT molecular complexity index is 263. The second-order valence-electron chi connectivity index (χ2n) is 3.27. The molecular weight excluding hydrogens is 275 g/mol. The van der Waals surface area contributed by atoms with Crippen LogP contribution in [-0.2, 0) is 0 Å². The molecule has 0 aromatic heterocycles. The van der Waals surface area contributed by atoms with Gasteiger partial charge in [0.15, 0.2) is 6.10 Å². The molecule has 0 saturated carbocycles. The van der Waals surface area contributed by atoms with Gasteiger partial charge < -0.3 is 5.11 Å². The van der Waals surface area contributed by atoms with Crippen molar-refractivity contribution in [3.63, 3.8) is 0 Å². The highest BCUT2D eigenvalue weighted by Crippen LogP contribution is 2.21. The first-order valence-corrected chi connectivity index (χ1v) is 5.05. The van der Waals surface area contributed by atoms with E-state index in [4.69, 9.17) is 5.11 Å². The summed E-state index contributed by atoms with van der Waals surface area (Å²) in [5.41, 5.74) is -0.330. The summed E-state index contributed by atoms with van der Waals surface area (Å²) in [5, 5.41) is 8.82. The van der Waals surface area contributed by atoms with Crippen LogP contribution in [0.15, 0.2) is 16.1 Å². The third-order valence-corrected chi connectivity index (χ3v) is 2.64. The van der Waals surface area contributed by atoms with Crippen LogP contribution in [0.25, 0.3) is 0 Å². The van der Waals surface area contributed by atoms with Gasteiger partial charge in [-0.15, -0.1) is 0 Å². The maximum Gasteiger partial charge on any atom is 0.419 e. The molecule has 0 aliphatic heterocycles. The average Bonchev–Trinajstić information content (AvgIpc) is 2.10. The fourth-order valence-corrected chi connectivity index (χ4v) is 0.848. The smallest absolute Gasteiger partial charge is 0.378 e. The zero-order valence-electron chi connectivity index (χ0n) is 8.48. The van der Waals surface area contributed by atoms with E-state index in [1.807, 2.05) is 0 Å². The van der Waals surface area contributed by atoms with Crippen molar-refractivity contribution in [2.45, 2.75) is 26.1 Å². The molecule has 0 aliphatic carbocycles. The fourth-order valence-electron chi connectivity index (χ4n) is 0.703. The van der Waals surface area contributed by atoms with Crippen LogP contribution in [0.1, 0.15) is 13.8 Å². The normalized spacial score (nSPS) is 17.4. The highest BCUT2D eigenvalue weighted by atomic mass is 79.9. The summed E-state index contributed by atoms with van der Waals surface area (Å²) in [5.74, 6) is -0.0691. The predicted molar refractivity (Wildman–Crippen MR) is 57.3 cm³/mol. The molecule has 2 nitrogen and oxygen atoms in total. The van der Waals surface area contributed by atoms with Gasteiger partial charge in [0.05, 0.1) is 0 Å². The van der Waals surface area contributed by atoms with Crippen LogP contribution in [0.2, 0.25) is 0 Å². The van der Waals surface area contributed by atoms with Gasteiger partial charge in [0.2, 0.25) is 0 Å². The summed E-state index contributed by atoms with van der Waals surface area (Å²) in [6.45, 7) is 6.69. The third-order valence-electron chi connectivity index (χ3n) is 1.86. The molecule has 0 rings (SSSR count). The first kappa shape index (κ1) is 14.6. The monoisotopic (exact) mass is 287 g/mol. The summed E-state index contributed by atoms with van der Waals surface area (Å²) in [6.07, 6.45) is -7.13. The molecule has 1 N–H and O–H groups in total. The highest BCUT2D eigenvalue weighted by Gasteiger charge is 2.40. The van der Waals surface area contributed by atoms with E-state index in [9.17, 15) is 13.2 Å². The molecule has 0 spiro atoms. The maximum atomic E-state index is 12.0. The first-order chi connectivity index (χ1) is 6.66. The van der Waals surface area contributed by atoms with Crippen LogP contribution in [-0.4, -0.2) is 29.6 Å². The minimum Gasteiger partial charge on any atom is -0.378 e. The quantitative estimate of drug-likeness (QED) is 0.793. The molecule has 2 atom stereocenters. The standard InChI is InChI=1S/C9H13BrF3NO/c1-5(6(2)10)4-14-7(3)8(15)9(11,12)13/h5,8,15H,2,4H2,1,3H3/t5-,8?/m1/s1. The molecule has 15 heavy (non-hydrogen) atoms. The number of rotatable bonds is 4. The van der Waals surface area contributed by atoms with Gasteiger partial charge in [-0.1, -0.05) is 29.4 Å². The van der Waals surface area contributed by atoms with Gasteiger partial charge in [-0.05, 0) is 11.4 Å². The van der Waals surface area contributed by atoms with Crippen LogP contribution < -0.4 is 0 Å². The topological polar surface area (TPSA) is 32.6 Å². The molecule has 0 heterocycles. The van der Waals surface area contributed by atoms with Gasteiger partial charge in [-0.25, -0.2) is 0 Å². The van der Waals surface area contributed by atoms with Crippen LogP contribution in [0.3, 0.4) is 0 Å². The number of halogens is 4. The summed E-state index contributed by atoms with van der Waals surface area (Å²) in [7, 11) is 0. The summed E-state index contributed by atoms with van der Waals surface area (Å²) in [4.78, 5) is 3.67. The van der Waals surface area contributed by atoms with Crippen molar-refractivity contribution in [3.8, 4) is 0 Å². The van der Waals surface area contributed by atoms with E-state index in [0.717, 1.165) is 6.92 Å². The SMILES string of the molecule is C=C(Br)[C@H](C)CN=C(C)C(O)C(F)(F)F. The number of nitrogens with zero attached hydrogens (tertiary/aromatic N) is 1. The number of aliphatic hydroxyl groups is 1. The Labute approximate surface area is 95.0 Å². The molecule has 88 valence electrons. The van der Waals surface area contributed by atoms with Crippen molar-refractivity contribution in [2.75, 3.05) is 6.54 Å². The second-order valence-corrected chi connectivity index (χ2v) is 4.29. The van der Waals surface area contributed by atoms with Crippen molar-refractivity contribution in [1.29, 1.82) is 0 Å². The summed E-state index contributed by atoms with van der Waals surface area (Å²) >= 11 is 3.12. The molecule has 0 aromatic rings. The average molecular weight is 288 g/mol. The molecule has 0 aliphatic rings. The van der Waals surface area contributed by atoms with Crippen molar-refractivity contribution < 1.29 is 18.3 Å². The van der Waals surface area contributed by atoms with E-state index in [1.54, 1.807) is 6.92 Å². The van der Waals surface area contributed by atoms with Crippen molar-refractivity contribution >= 4 is 21.6 Å². The van der Waals surface area contributed by atoms with E-state index in [0.29, 0.717) is 4.48 Å². The lowest BCUT2D eigenvalue weighted by molar-refractivity contribution is -0.181. The molecule has 1 unspecified atom stereocenters. The Kier molecular flexibility index (Phi) is 5.51. The lowest BCUT2D eigenvalue weighted by atomic mass is 10.2. The third kappa shape index (κ3) is 5.32. The number of alkyl halides is 3. The molecule has 0 fully saturated rings. The number of hydrogen-bond donors (Lipinski definition) is 1. The van der Waals surface area contributed by atoms with Gasteiger partial charge in [-0.2, -0.15) is 13.2 Å². The number of aliphatic imine (C=N–C) groups is 1. The summed E-state index contributed by atoms with van der Waals surface area (Å²) in [6, 6.07) is 0. The Morgan fingerprint density at radius 1 is 1.53 bits per heavy atom. The minimum atomic E-state index is -4.65. The van der Waals surface area contributed by atoms with E-state index in [1.165, 1.54) is 0 Å². The van der Waals surface area contributed by atoms with Crippen molar-refractivity contribution in [1.82, 2.24) is 0 Å². The molecule has 0 aromatic carbocycles. The zero-order valence-corrected chi connectivity index (χ0v) is 10.1. The van der Waals surface area contributed by atoms with Crippen LogP contribution in [0.4, 0.5) is 13.2 Å². The van der Waals surface area contributed by atoms with Crippen LogP contribution in [0.5, 0.6) is 0 Å². The molecule has 0 saturated heterocycles. The highest BCUT2D eigenvalue weighted by molar-refractivity contribution is 9.11. The molecule has 0 radical (unpaired) electrons. The largest absolute Gasteiger partial charge is 0.419 e. The van der Waals surface area contributed by atoms with Gasteiger partial charge >= 0.3 is 6.18 Å². The molecule has 6 heteroatoms. The fraction of sp³-hybridized carbons (Fsp3) is 0.667. The van der Waals surface area contributed by atoms with E-state index in [2.05, 4.69) is 27.5 Å². The Hall–Kier alpha value is -0.360. The van der Waals surface area contributed by atoms with Crippen LogP contribution in [0, 0.1) is 5.92 Å². The molecule has 0 amide bonds. The van der Waals surface area contributed by atoms with Gasteiger partial charge in [0.1, 0.15) is 0 Å². The minimum absolute atomic E-state index is 0.0691. The van der Waals surface area contributed by atoms with Gasteiger partial charge in [0, 0.05) is 18.2 Å². The zero-order chi connectivity index (χ0) is 12.2. The van der Waals surface area contributed by atoms with E-state index >= 15 is 0 Å². The molecule has 0 bridgehead atoms. The lowest BCUT2D eigenvalue weighted by Gasteiger charge is -2.15. The second kappa shape index (κ2) is 5.65. The Balaban J connectivity index is 4.39. The number of aliphatic hydroxyl groups excluding tert-OH is 1. The van der Waals surface area contributed by atoms with E-state index in [-0.39, 0.29) is 18.2 Å². The molecular formula is C9H13BrF3NO. The van der Waals surface area contributed by atoms with Crippen molar-refractivity contribution in [2.24, 2.45) is 10.9 Å². The maximum absolute atomic E-state index is 12.0. The van der Waals surface area contributed by atoms with Crippen LogP contribution >= 0.6 is 15.9 Å². The Morgan fingerprint density at radius 3 is 2.33 bits per heavy atom. The van der Waals surface area contributed by atoms with Gasteiger partial charge in [-0.3, -0.25) is 4.99 Å². The first-order valence-electron chi connectivity index (χ1n) is 4.26. The Morgan fingerprint density at radius 2 is 2.00 bits per heavy atom. The summed E-state index contributed by atoms with van der Waals surface area (Å²) < 4.78 is 36.7. The number of hydrogen-bond acceptors (Lipinski definition) is 2. The lowest BCUT2D eigenvalue weighted by Crippen LogP contribution is -2.35. The van der Waals surface area contributed by atoms with Crippen molar-refractivity contribution in [3.05, 3.63) is 11.1 Å².